The quantitative estimate of drug-likeness (QED) is 0.295. The van der Waals surface area contributed by atoms with Crippen molar-refractivity contribution in [1.82, 2.24) is 10.6 Å². The molecule has 148 valence electrons. The van der Waals surface area contributed by atoms with Crippen LogP contribution in [-0.2, 0) is 9.84 Å². The molecule has 1 saturated carbocycles. The fourth-order valence-corrected chi connectivity index (χ4v) is 5.47. The van der Waals surface area contributed by atoms with Gasteiger partial charge in [-0.15, -0.1) is 24.0 Å². The van der Waals surface area contributed by atoms with Crippen LogP contribution in [0.4, 0.5) is 0 Å². The first kappa shape index (κ1) is 24.0. The number of halogens is 2. The Morgan fingerprint density at radius 1 is 1.31 bits per heavy atom. The van der Waals surface area contributed by atoms with E-state index < -0.39 is 9.84 Å². The zero-order chi connectivity index (χ0) is 18.3. The molecule has 0 aromatic heterocycles. The second-order valence-corrected chi connectivity index (χ2v) is 10.6. The molecule has 0 amide bonds. The molecule has 0 heterocycles. The molecule has 2 N–H and O–H groups in total. The third-order valence-electron chi connectivity index (χ3n) is 4.19. The summed E-state index contributed by atoms with van der Waals surface area (Å²) in [5.41, 5.74) is 0. The van der Waals surface area contributed by atoms with Crippen molar-refractivity contribution in [1.29, 1.82) is 0 Å². The van der Waals surface area contributed by atoms with E-state index in [1.165, 1.54) is 6.42 Å². The SMILES string of the molecule is CCSC1CCC(NC(=NC)NCCS(=O)(=O)c2ccc(Br)cc2)C1.I. The van der Waals surface area contributed by atoms with Crippen LogP contribution in [0.1, 0.15) is 26.2 Å². The minimum absolute atomic E-state index is 0. The number of nitrogens with one attached hydrogen (secondary N) is 2. The monoisotopic (exact) mass is 575 g/mol. The average Bonchev–Trinajstić information content (AvgIpc) is 3.01. The van der Waals surface area contributed by atoms with Crippen LogP contribution in [0.15, 0.2) is 38.6 Å². The molecule has 0 bridgehead atoms. The van der Waals surface area contributed by atoms with Gasteiger partial charge in [-0.05, 0) is 49.3 Å². The maximum Gasteiger partial charge on any atom is 0.191 e. The van der Waals surface area contributed by atoms with Crippen molar-refractivity contribution in [2.45, 2.75) is 42.4 Å². The zero-order valence-electron chi connectivity index (χ0n) is 15.1. The van der Waals surface area contributed by atoms with Gasteiger partial charge < -0.3 is 10.6 Å². The molecule has 0 saturated heterocycles. The van der Waals surface area contributed by atoms with Crippen molar-refractivity contribution in [2.24, 2.45) is 4.99 Å². The number of sulfone groups is 1. The van der Waals surface area contributed by atoms with E-state index in [1.54, 1.807) is 31.3 Å². The van der Waals surface area contributed by atoms with E-state index in [0.717, 1.165) is 28.3 Å². The summed E-state index contributed by atoms with van der Waals surface area (Å²) in [5.74, 6) is 1.87. The smallest absolute Gasteiger partial charge is 0.191 e. The highest BCUT2D eigenvalue weighted by Crippen LogP contribution is 2.29. The van der Waals surface area contributed by atoms with Gasteiger partial charge in [-0.25, -0.2) is 8.42 Å². The largest absolute Gasteiger partial charge is 0.355 e. The lowest BCUT2D eigenvalue weighted by Gasteiger charge is -2.17. The minimum Gasteiger partial charge on any atom is -0.355 e. The molecular formula is C17H27BrIN3O2S2. The van der Waals surface area contributed by atoms with E-state index in [0.29, 0.717) is 23.4 Å². The highest BCUT2D eigenvalue weighted by molar-refractivity contribution is 14.0. The lowest BCUT2D eigenvalue weighted by atomic mass is 10.2. The lowest BCUT2D eigenvalue weighted by Crippen LogP contribution is -2.44. The van der Waals surface area contributed by atoms with Gasteiger partial charge in [0, 0.05) is 29.4 Å². The summed E-state index contributed by atoms with van der Waals surface area (Å²) in [6.45, 7) is 2.52. The molecule has 1 aliphatic rings. The van der Waals surface area contributed by atoms with Crippen LogP contribution in [0.2, 0.25) is 0 Å². The van der Waals surface area contributed by atoms with Crippen molar-refractivity contribution >= 4 is 67.5 Å². The Bertz CT molecular complexity index is 684. The van der Waals surface area contributed by atoms with Crippen LogP contribution in [0.3, 0.4) is 0 Å². The maximum absolute atomic E-state index is 12.4. The molecule has 2 unspecified atom stereocenters. The standard InChI is InChI=1S/C17H26BrN3O2S2.HI/c1-3-24-15-7-6-14(12-15)21-17(19-2)20-10-11-25(22,23)16-8-4-13(18)5-9-16;/h4-5,8-9,14-15H,3,6-7,10-12H2,1-2H3,(H2,19,20,21);1H. The first-order valence-electron chi connectivity index (χ1n) is 8.51. The third-order valence-corrected chi connectivity index (χ3v) is 7.68. The van der Waals surface area contributed by atoms with Gasteiger partial charge in [-0.2, -0.15) is 11.8 Å². The molecule has 2 rings (SSSR count). The van der Waals surface area contributed by atoms with E-state index in [9.17, 15) is 8.42 Å². The number of hydrogen-bond acceptors (Lipinski definition) is 4. The molecule has 5 nitrogen and oxygen atoms in total. The number of guanidine groups is 1. The van der Waals surface area contributed by atoms with Gasteiger partial charge >= 0.3 is 0 Å². The fraction of sp³-hybridized carbons (Fsp3) is 0.588. The lowest BCUT2D eigenvalue weighted by molar-refractivity contribution is 0.592. The van der Waals surface area contributed by atoms with Crippen LogP contribution in [0.25, 0.3) is 0 Å². The van der Waals surface area contributed by atoms with Crippen LogP contribution < -0.4 is 10.6 Å². The Hall–Kier alpha value is -0.000000000000000111. The predicted octanol–water partition coefficient (Wildman–Crippen LogP) is 3.68. The van der Waals surface area contributed by atoms with E-state index in [2.05, 4.69) is 38.5 Å². The van der Waals surface area contributed by atoms with Crippen LogP contribution in [0, 0.1) is 0 Å². The molecule has 0 aliphatic heterocycles. The van der Waals surface area contributed by atoms with Gasteiger partial charge in [0.15, 0.2) is 15.8 Å². The summed E-state index contributed by atoms with van der Waals surface area (Å²) in [4.78, 5) is 4.56. The molecule has 9 heteroatoms. The molecule has 0 radical (unpaired) electrons. The van der Waals surface area contributed by atoms with E-state index in [4.69, 9.17) is 0 Å². The van der Waals surface area contributed by atoms with E-state index >= 15 is 0 Å². The Kier molecular flexibility index (Phi) is 10.9. The normalized spacial score (nSPS) is 20.5. The second kappa shape index (κ2) is 11.8. The summed E-state index contributed by atoms with van der Waals surface area (Å²) >= 11 is 5.33. The molecule has 1 fully saturated rings. The topological polar surface area (TPSA) is 70.6 Å². The van der Waals surface area contributed by atoms with Gasteiger partial charge in [0.2, 0.25) is 0 Å². The van der Waals surface area contributed by atoms with Crippen molar-refractivity contribution in [3.8, 4) is 0 Å². The maximum atomic E-state index is 12.4. The number of thioether (sulfide) groups is 1. The summed E-state index contributed by atoms with van der Waals surface area (Å²) < 4.78 is 25.6. The number of aliphatic imine (C=N–C) groups is 1. The van der Waals surface area contributed by atoms with Gasteiger partial charge in [-0.1, -0.05) is 22.9 Å². The van der Waals surface area contributed by atoms with Crippen molar-refractivity contribution in [3.63, 3.8) is 0 Å². The Morgan fingerprint density at radius 3 is 2.62 bits per heavy atom. The third kappa shape index (κ3) is 7.55. The van der Waals surface area contributed by atoms with Crippen LogP contribution in [0.5, 0.6) is 0 Å². The van der Waals surface area contributed by atoms with Crippen molar-refractivity contribution in [2.75, 3.05) is 25.1 Å². The molecular weight excluding hydrogens is 549 g/mol. The predicted molar refractivity (Wildman–Crippen MR) is 126 cm³/mol. The fourth-order valence-electron chi connectivity index (χ4n) is 2.91. The van der Waals surface area contributed by atoms with Crippen molar-refractivity contribution in [3.05, 3.63) is 28.7 Å². The van der Waals surface area contributed by atoms with Gasteiger partial charge in [0.1, 0.15) is 0 Å². The van der Waals surface area contributed by atoms with Crippen LogP contribution >= 0.6 is 51.7 Å². The number of benzene rings is 1. The van der Waals surface area contributed by atoms with Crippen LogP contribution in [-0.4, -0.2) is 50.8 Å². The Morgan fingerprint density at radius 2 is 2.00 bits per heavy atom. The first-order chi connectivity index (χ1) is 11.9. The zero-order valence-corrected chi connectivity index (χ0v) is 20.6. The highest BCUT2D eigenvalue weighted by atomic mass is 127. The highest BCUT2D eigenvalue weighted by Gasteiger charge is 2.25. The molecule has 2 atom stereocenters. The molecule has 0 spiro atoms. The van der Waals surface area contributed by atoms with E-state index in [-0.39, 0.29) is 29.7 Å². The Labute approximate surface area is 186 Å². The average molecular weight is 576 g/mol. The first-order valence-corrected chi connectivity index (χ1v) is 12.0. The summed E-state index contributed by atoms with van der Waals surface area (Å²) in [5, 5.41) is 7.26. The molecule has 1 aliphatic carbocycles. The Balaban J connectivity index is 0.00000338. The van der Waals surface area contributed by atoms with E-state index in [1.807, 2.05) is 11.8 Å². The summed E-state index contributed by atoms with van der Waals surface area (Å²) in [6.07, 6.45) is 3.50. The van der Waals surface area contributed by atoms with Gasteiger partial charge in [-0.3, -0.25) is 4.99 Å². The molecule has 1 aromatic carbocycles. The van der Waals surface area contributed by atoms with Crippen molar-refractivity contribution < 1.29 is 8.42 Å². The second-order valence-electron chi connectivity index (χ2n) is 6.00. The number of nitrogens with zero attached hydrogens (tertiary/aromatic N) is 1. The molecule has 26 heavy (non-hydrogen) atoms. The van der Waals surface area contributed by atoms with Gasteiger partial charge in [0.05, 0.1) is 10.6 Å². The summed E-state index contributed by atoms with van der Waals surface area (Å²) in [6, 6.07) is 7.14. The summed E-state index contributed by atoms with van der Waals surface area (Å²) in [7, 11) is -1.58. The molecule has 1 aromatic rings. The van der Waals surface area contributed by atoms with Gasteiger partial charge in [0.25, 0.3) is 0 Å². The number of hydrogen-bond donors (Lipinski definition) is 2. The number of rotatable bonds is 7. The minimum atomic E-state index is -3.29.